The van der Waals surface area contributed by atoms with Gasteiger partial charge in [0.2, 0.25) is 5.91 Å². The number of carbonyl (C=O) groups is 1. The molecule has 0 radical (unpaired) electrons. The monoisotopic (exact) mass is 352 g/mol. The highest BCUT2D eigenvalue weighted by molar-refractivity contribution is 5.94. The fourth-order valence-electron chi connectivity index (χ4n) is 3.63. The molecular formula is C18H29ClN4O. The van der Waals surface area contributed by atoms with E-state index in [4.69, 9.17) is 0 Å². The van der Waals surface area contributed by atoms with Crippen molar-refractivity contribution in [2.75, 3.05) is 57.3 Å². The second kappa shape index (κ2) is 9.37. The van der Waals surface area contributed by atoms with Gasteiger partial charge >= 0.3 is 0 Å². The van der Waals surface area contributed by atoms with E-state index in [0.29, 0.717) is 12.6 Å². The number of likely N-dealkylation sites (N-methyl/N-ethyl adjacent to an activating group) is 1. The predicted molar refractivity (Wildman–Crippen MR) is 101 cm³/mol. The number of nitrogens with one attached hydrogen (secondary N) is 1. The maximum absolute atomic E-state index is 12.6. The van der Waals surface area contributed by atoms with Gasteiger partial charge in [-0.15, -0.1) is 12.4 Å². The lowest BCUT2D eigenvalue weighted by Crippen LogP contribution is -2.53. The number of anilines is 1. The highest BCUT2D eigenvalue weighted by atomic mass is 35.5. The van der Waals surface area contributed by atoms with Crippen molar-refractivity contribution in [3.63, 3.8) is 0 Å². The topological polar surface area (TPSA) is 38.8 Å². The smallest absolute Gasteiger partial charge is 0.241 e. The standard InChI is InChI=1S/C18H28N4O.ClH/c1-2-22(16-6-4-3-5-7-16)18(23)15-20-10-12-21(13-11-20)17-8-9-19-14-17;/h3-7,17,19H,2,8-15H2,1H3;1H. The SMILES string of the molecule is CCN(C(=O)CN1CCN(C2CCNC2)CC1)c1ccccc1.Cl. The molecule has 0 bridgehead atoms. The Hall–Kier alpha value is -1.14. The molecule has 5 nitrogen and oxygen atoms in total. The number of hydrogen-bond donors (Lipinski definition) is 1. The number of nitrogens with zero attached hydrogens (tertiary/aromatic N) is 3. The summed E-state index contributed by atoms with van der Waals surface area (Å²) in [7, 11) is 0. The first-order valence-corrected chi connectivity index (χ1v) is 8.80. The number of halogens is 1. The summed E-state index contributed by atoms with van der Waals surface area (Å²) >= 11 is 0. The van der Waals surface area contributed by atoms with Gasteiger partial charge in [-0.25, -0.2) is 0 Å². The maximum atomic E-state index is 12.6. The molecule has 2 saturated heterocycles. The molecule has 1 aromatic carbocycles. The number of carbonyl (C=O) groups excluding carboxylic acids is 1. The molecule has 0 saturated carbocycles. The van der Waals surface area contributed by atoms with Gasteiger partial charge in [0.1, 0.15) is 0 Å². The van der Waals surface area contributed by atoms with Gasteiger partial charge in [-0.05, 0) is 32.0 Å². The molecule has 1 atom stereocenters. The molecule has 2 heterocycles. The Balaban J connectivity index is 0.00000208. The minimum Gasteiger partial charge on any atom is -0.315 e. The molecule has 1 aromatic rings. The van der Waals surface area contributed by atoms with E-state index in [1.165, 1.54) is 6.42 Å². The fraction of sp³-hybridized carbons (Fsp3) is 0.611. The summed E-state index contributed by atoms with van der Waals surface area (Å²) in [6.45, 7) is 9.70. The largest absolute Gasteiger partial charge is 0.315 e. The number of piperazine rings is 1. The summed E-state index contributed by atoms with van der Waals surface area (Å²) < 4.78 is 0. The third-order valence-electron chi connectivity index (χ3n) is 5.00. The molecule has 2 aliphatic heterocycles. The van der Waals surface area contributed by atoms with Crippen LogP contribution in [0, 0.1) is 0 Å². The Morgan fingerprint density at radius 3 is 2.50 bits per heavy atom. The quantitative estimate of drug-likeness (QED) is 0.870. The fourth-order valence-corrected chi connectivity index (χ4v) is 3.63. The average molecular weight is 353 g/mol. The number of rotatable bonds is 5. The minimum absolute atomic E-state index is 0. The van der Waals surface area contributed by atoms with Crippen LogP contribution in [-0.4, -0.2) is 74.1 Å². The number of hydrogen-bond acceptors (Lipinski definition) is 4. The van der Waals surface area contributed by atoms with Crippen molar-refractivity contribution in [2.45, 2.75) is 19.4 Å². The number of para-hydroxylation sites is 1. The third-order valence-corrected chi connectivity index (χ3v) is 5.00. The molecule has 134 valence electrons. The van der Waals surface area contributed by atoms with Gasteiger partial charge < -0.3 is 10.2 Å². The van der Waals surface area contributed by atoms with Crippen molar-refractivity contribution < 1.29 is 4.79 Å². The molecule has 2 fully saturated rings. The zero-order valence-electron chi connectivity index (χ0n) is 14.5. The highest BCUT2D eigenvalue weighted by Crippen LogP contribution is 2.15. The third kappa shape index (κ3) is 4.70. The molecule has 1 unspecified atom stereocenters. The van der Waals surface area contributed by atoms with Crippen LogP contribution in [0.3, 0.4) is 0 Å². The molecule has 1 amide bonds. The van der Waals surface area contributed by atoms with E-state index in [1.807, 2.05) is 42.2 Å². The van der Waals surface area contributed by atoms with Crippen molar-refractivity contribution in [3.05, 3.63) is 30.3 Å². The first kappa shape index (κ1) is 19.2. The van der Waals surface area contributed by atoms with Crippen LogP contribution < -0.4 is 10.2 Å². The van der Waals surface area contributed by atoms with Gasteiger partial charge in [-0.3, -0.25) is 14.6 Å². The molecule has 3 rings (SSSR count). The summed E-state index contributed by atoms with van der Waals surface area (Å²) in [5, 5.41) is 3.44. The van der Waals surface area contributed by atoms with Crippen molar-refractivity contribution >= 4 is 24.0 Å². The van der Waals surface area contributed by atoms with Crippen LogP contribution in [0.5, 0.6) is 0 Å². The zero-order chi connectivity index (χ0) is 16.1. The average Bonchev–Trinajstić information content (AvgIpc) is 3.12. The second-order valence-electron chi connectivity index (χ2n) is 6.43. The molecular weight excluding hydrogens is 324 g/mol. The van der Waals surface area contributed by atoms with Crippen molar-refractivity contribution in [2.24, 2.45) is 0 Å². The minimum atomic E-state index is 0. The molecule has 2 aliphatic rings. The van der Waals surface area contributed by atoms with E-state index in [1.54, 1.807) is 0 Å². The molecule has 6 heteroatoms. The molecule has 0 aromatic heterocycles. The Morgan fingerprint density at radius 1 is 1.21 bits per heavy atom. The molecule has 0 aliphatic carbocycles. The van der Waals surface area contributed by atoms with Crippen LogP contribution in [0.1, 0.15) is 13.3 Å². The maximum Gasteiger partial charge on any atom is 0.241 e. The predicted octanol–water partition coefficient (Wildman–Crippen LogP) is 1.44. The Morgan fingerprint density at radius 2 is 1.92 bits per heavy atom. The summed E-state index contributed by atoms with van der Waals surface area (Å²) in [6, 6.07) is 10.7. The Labute approximate surface area is 151 Å². The Bertz CT molecular complexity index is 499. The first-order valence-electron chi connectivity index (χ1n) is 8.80. The summed E-state index contributed by atoms with van der Waals surface area (Å²) in [5.41, 5.74) is 0.996. The van der Waals surface area contributed by atoms with Crippen LogP contribution >= 0.6 is 12.4 Å². The lowest BCUT2D eigenvalue weighted by molar-refractivity contribution is -0.120. The molecule has 1 N–H and O–H groups in total. The van der Waals surface area contributed by atoms with Gasteiger partial charge in [-0.1, -0.05) is 18.2 Å². The van der Waals surface area contributed by atoms with Crippen molar-refractivity contribution in [1.82, 2.24) is 15.1 Å². The normalized spacial score (nSPS) is 22.1. The second-order valence-corrected chi connectivity index (χ2v) is 6.43. The zero-order valence-corrected chi connectivity index (χ0v) is 15.3. The van der Waals surface area contributed by atoms with E-state index < -0.39 is 0 Å². The summed E-state index contributed by atoms with van der Waals surface area (Å²) in [4.78, 5) is 19.4. The number of benzene rings is 1. The summed E-state index contributed by atoms with van der Waals surface area (Å²) in [5.74, 6) is 0.203. The lowest BCUT2D eigenvalue weighted by Gasteiger charge is -2.38. The molecule has 24 heavy (non-hydrogen) atoms. The van der Waals surface area contributed by atoms with E-state index in [-0.39, 0.29) is 18.3 Å². The van der Waals surface area contributed by atoms with Crippen molar-refractivity contribution in [1.29, 1.82) is 0 Å². The highest BCUT2D eigenvalue weighted by Gasteiger charge is 2.27. The van der Waals surface area contributed by atoms with E-state index in [0.717, 1.165) is 51.5 Å². The van der Waals surface area contributed by atoms with E-state index in [2.05, 4.69) is 15.1 Å². The van der Waals surface area contributed by atoms with Gasteiger partial charge in [0.25, 0.3) is 0 Å². The van der Waals surface area contributed by atoms with Crippen LogP contribution in [0.25, 0.3) is 0 Å². The summed E-state index contributed by atoms with van der Waals surface area (Å²) in [6.07, 6.45) is 1.26. The Kier molecular flexibility index (Phi) is 7.49. The van der Waals surface area contributed by atoms with Gasteiger partial charge in [0.15, 0.2) is 0 Å². The van der Waals surface area contributed by atoms with Crippen LogP contribution in [-0.2, 0) is 4.79 Å². The van der Waals surface area contributed by atoms with Crippen LogP contribution in [0.4, 0.5) is 5.69 Å². The van der Waals surface area contributed by atoms with E-state index >= 15 is 0 Å². The lowest BCUT2D eigenvalue weighted by atomic mass is 10.2. The van der Waals surface area contributed by atoms with Crippen LogP contribution in [0.2, 0.25) is 0 Å². The van der Waals surface area contributed by atoms with Gasteiger partial charge in [0.05, 0.1) is 6.54 Å². The van der Waals surface area contributed by atoms with Crippen LogP contribution in [0.15, 0.2) is 30.3 Å². The van der Waals surface area contributed by atoms with E-state index in [9.17, 15) is 4.79 Å². The van der Waals surface area contributed by atoms with Crippen molar-refractivity contribution in [3.8, 4) is 0 Å². The van der Waals surface area contributed by atoms with Gasteiger partial charge in [-0.2, -0.15) is 0 Å². The molecule has 0 spiro atoms. The number of amides is 1. The first-order chi connectivity index (χ1) is 11.3. The van der Waals surface area contributed by atoms with Gasteiger partial charge in [0, 0.05) is 51.0 Å².